The highest BCUT2D eigenvalue weighted by Gasteiger charge is 2.40. The van der Waals surface area contributed by atoms with Crippen molar-refractivity contribution in [3.05, 3.63) is 66.2 Å². The first-order chi connectivity index (χ1) is 20.8. The fraction of sp³-hybridized carbons (Fsp3) is 0.515. The number of methoxy groups -OCH3 is 1. The number of ether oxygens (including phenoxy) is 4. The maximum absolute atomic E-state index is 13.3. The molecule has 2 aromatic rings. The summed E-state index contributed by atoms with van der Waals surface area (Å²) in [6.45, 7) is 10.9. The molecular formula is C33H47N3O8. The van der Waals surface area contributed by atoms with Gasteiger partial charge < -0.3 is 29.1 Å². The van der Waals surface area contributed by atoms with E-state index in [1.54, 1.807) is 65.3 Å². The highest BCUT2D eigenvalue weighted by atomic mass is 16.6. The van der Waals surface area contributed by atoms with Crippen LogP contribution in [0.4, 0.5) is 9.59 Å². The molecule has 0 aromatic heterocycles. The SMILES string of the molecule is CC(C)(C)OC(=O)N1CCN(CCC(C)(C)C(NC(=O)Oc2ccccc2)C(=O)OCc2ccccc2)CC1C=O.COC. The molecule has 11 nitrogen and oxygen atoms in total. The molecule has 242 valence electrons. The molecule has 0 bridgehead atoms. The van der Waals surface area contributed by atoms with Gasteiger partial charge in [0.05, 0.1) is 0 Å². The Balaban J connectivity index is 0.00000216. The van der Waals surface area contributed by atoms with E-state index in [-0.39, 0.29) is 6.61 Å². The quantitative estimate of drug-likeness (QED) is 0.300. The van der Waals surface area contributed by atoms with Crippen LogP contribution in [-0.2, 0) is 30.4 Å². The highest BCUT2D eigenvalue weighted by molar-refractivity contribution is 5.83. The maximum Gasteiger partial charge on any atom is 0.413 e. The van der Waals surface area contributed by atoms with Crippen LogP contribution in [0.25, 0.3) is 0 Å². The molecule has 0 radical (unpaired) electrons. The number of hydrogen-bond donors (Lipinski definition) is 1. The summed E-state index contributed by atoms with van der Waals surface area (Å²) in [5.41, 5.74) is -0.584. The second-order valence-corrected chi connectivity index (χ2v) is 12.2. The molecule has 44 heavy (non-hydrogen) atoms. The summed E-state index contributed by atoms with van der Waals surface area (Å²) in [5.74, 6) is -0.230. The van der Waals surface area contributed by atoms with Crippen LogP contribution in [0.5, 0.6) is 5.75 Å². The molecule has 11 heteroatoms. The average Bonchev–Trinajstić information content (AvgIpc) is 2.98. The number of benzene rings is 2. The van der Waals surface area contributed by atoms with E-state index in [1.807, 2.05) is 44.2 Å². The molecule has 0 aliphatic carbocycles. The van der Waals surface area contributed by atoms with E-state index in [0.29, 0.717) is 38.3 Å². The molecule has 1 saturated heterocycles. The fourth-order valence-electron chi connectivity index (χ4n) is 4.46. The summed E-state index contributed by atoms with van der Waals surface area (Å²) >= 11 is 0. The van der Waals surface area contributed by atoms with Crippen molar-refractivity contribution in [3.8, 4) is 5.75 Å². The van der Waals surface area contributed by atoms with E-state index in [0.717, 1.165) is 11.8 Å². The molecule has 1 aliphatic rings. The number of aldehydes is 1. The summed E-state index contributed by atoms with van der Waals surface area (Å²) in [5, 5.41) is 2.71. The minimum atomic E-state index is -1.01. The van der Waals surface area contributed by atoms with Gasteiger partial charge in [-0.05, 0) is 56.8 Å². The Morgan fingerprint density at radius 1 is 0.955 bits per heavy atom. The topological polar surface area (TPSA) is 124 Å². The number of hydrogen-bond acceptors (Lipinski definition) is 9. The van der Waals surface area contributed by atoms with Crippen LogP contribution in [0, 0.1) is 5.41 Å². The number of carbonyl (C=O) groups excluding carboxylic acids is 4. The van der Waals surface area contributed by atoms with Crippen LogP contribution in [-0.4, -0.2) is 92.3 Å². The Labute approximate surface area is 260 Å². The minimum absolute atomic E-state index is 0.0648. The lowest BCUT2D eigenvalue weighted by atomic mass is 9.80. The summed E-state index contributed by atoms with van der Waals surface area (Å²) in [6.07, 6.45) is -0.0386. The molecule has 1 N–H and O–H groups in total. The summed E-state index contributed by atoms with van der Waals surface area (Å²) < 4.78 is 20.7. The van der Waals surface area contributed by atoms with Gasteiger partial charge in [0.15, 0.2) is 0 Å². The molecule has 0 spiro atoms. The Bertz CT molecular complexity index is 1180. The standard InChI is InChI=1S/C31H41N3O7.C2H6O/c1-30(2,3)41-29(38)34-19-18-33(20-24(34)21-35)17-16-31(4,5)26(27(36)39-22-23-12-8-6-9-13-23)32-28(37)40-25-14-10-7-11-15-25;1-3-2/h6-15,21,24,26H,16-20,22H2,1-5H3,(H,32,37);1-2H3. The Kier molecular flexibility index (Phi) is 14.3. The Hall–Kier alpha value is -3.96. The molecule has 2 unspecified atom stereocenters. The molecular weight excluding hydrogens is 566 g/mol. The zero-order valence-corrected chi connectivity index (χ0v) is 26.9. The highest BCUT2D eigenvalue weighted by Crippen LogP contribution is 2.28. The minimum Gasteiger partial charge on any atom is -0.459 e. The van der Waals surface area contributed by atoms with Crippen molar-refractivity contribution in [1.82, 2.24) is 15.1 Å². The van der Waals surface area contributed by atoms with Gasteiger partial charge in [0, 0.05) is 33.9 Å². The molecule has 2 atom stereocenters. The monoisotopic (exact) mass is 613 g/mol. The van der Waals surface area contributed by atoms with Gasteiger partial charge in [0.25, 0.3) is 0 Å². The number of nitrogens with zero attached hydrogens (tertiary/aromatic N) is 2. The summed E-state index contributed by atoms with van der Waals surface area (Å²) in [6, 6.07) is 16.2. The van der Waals surface area contributed by atoms with E-state index in [9.17, 15) is 19.2 Å². The van der Waals surface area contributed by atoms with E-state index in [2.05, 4.69) is 15.0 Å². The van der Waals surface area contributed by atoms with Crippen LogP contribution in [0.15, 0.2) is 60.7 Å². The van der Waals surface area contributed by atoms with E-state index >= 15 is 0 Å². The maximum atomic E-state index is 13.3. The van der Waals surface area contributed by atoms with E-state index in [4.69, 9.17) is 14.2 Å². The summed E-state index contributed by atoms with van der Waals surface area (Å²) in [7, 11) is 3.25. The fourth-order valence-corrected chi connectivity index (χ4v) is 4.46. The van der Waals surface area contributed by atoms with Crippen molar-refractivity contribution in [2.45, 2.75) is 65.3 Å². The third-order valence-corrected chi connectivity index (χ3v) is 6.82. The predicted molar refractivity (Wildman–Crippen MR) is 166 cm³/mol. The summed E-state index contributed by atoms with van der Waals surface area (Å²) in [4.78, 5) is 54.1. The van der Waals surface area contributed by atoms with Gasteiger partial charge in [-0.15, -0.1) is 0 Å². The average molecular weight is 614 g/mol. The van der Waals surface area contributed by atoms with Gasteiger partial charge >= 0.3 is 18.2 Å². The number of rotatable bonds is 10. The molecule has 3 rings (SSSR count). The lowest BCUT2D eigenvalue weighted by molar-refractivity contribution is -0.150. The predicted octanol–water partition coefficient (Wildman–Crippen LogP) is 4.69. The van der Waals surface area contributed by atoms with Crippen LogP contribution in [0.2, 0.25) is 0 Å². The van der Waals surface area contributed by atoms with Gasteiger partial charge in [-0.25, -0.2) is 14.4 Å². The largest absolute Gasteiger partial charge is 0.459 e. The van der Waals surface area contributed by atoms with Crippen molar-refractivity contribution < 1.29 is 38.1 Å². The number of nitrogens with one attached hydrogen (secondary N) is 1. The van der Waals surface area contributed by atoms with Crippen LogP contribution < -0.4 is 10.1 Å². The third-order valence-electron chi connectivity index (χ3n) is 6.82. The normalized spacial score (nSPS) is 16.1. The van der Waals surface area contributed by atoms with Gasteiger partial charge in [-0.3, -0.25) is 9.80 Å². The van der Waals surface area contributed by atoms with Gasteiger partial charge in [0.2, 0.25) is 0 Å². The van der Waals surface area contributed by atoms with Crippen LogP contribution in [0.1, 0.15) is 46.6 Å². The van der Waals surface area contributed by atoms with Gasteiger partial charge in [-0.1, -0.05) is 62.4 Å². The van der Waals surface area contributed by atoms with Gasteiger partial charge in [-0.2, -0.15) is 0 Å². The molecule has 1 fully saturated rings. The zero-order valence-electron chi connectivity index (χ0n) is 26.9. The third kappa shape index (κ3) is 12.3. The number of para-hydroxylation sites is 1. The molecule has 1 heterocycles. The zero-order chi connectivity index (χ0) is 32.8. The van der Waals surface area contributed by atoms with Crippen molar-refractivity contribution in [2.24, 2.45) is 5.41 Å². The molecule has 2 amide bonds. The molecule has 1 aliphatic heterocycles. The molecule has 0 saturated carbocycles. The van der Waals surface area contributed by atoms with Crippen molar-refractivity contribution in [1.29, 1.82) is 0 Å². The van der Waals surface area contributed by atoms with Crippen molar-refractivity contribution >= 4 is 24.4 Å². The lowest BCUT2D eigenvalue weighted by Gasteiger charge is -2.41. The smallest absolute Gasteiger partial charge is 0.413 e. The van der Waals surface area contributed by atoms with E-state index < -0.39 is 41.3 Å². The first-order valence-corrected chi connectivity index (χ1v) is 14.6. The van der Waals surface area contributed by atoms with E-state index in [1.165, 1.54) is 4.90 Å². The first-order valence-electron chi connectivity index (χ1n) is 14.6. The van der Waals surface area contributed by atoms with Crippen LogP contribution >= 0.6 is 0 Å². The number of amides is 2. The Morgan fingerprint density at radius 3 is 2.11 bits per heavy atom. The number of piperazine rings is 1. The lowest BCUT2D eigenvalue weighted by Crippen LogP contribution is -2.57. The van der Waals surface area contributed by atoms with Crippen molar-refractivity contribution in [2.75, 3.05) is 40.4 Å². The second kappa shape index (κ2) is 17.4. The Morgan fingerprint density at radius 2 is 1.55 bits per heavy atom. The van der Waals surface area contributed by atoms with Crippen molar-refractivity contribution in [3.63, 3.8) is 0 Å². The number of esters is 1. The molecule has 2 aromatic carbocycles. The van der Waals surface area contributed by atoms with Gasteiger partial charge in [0.1, 0.15) is 36.3 Å². The first kappa shape index (κ1) is 36.2. The second-order valence-electron chi connectivity index (χ2n) is 12.2. The number of carbonyl (C=O) groups is 4. The van der Waals surface area contributed by atoms with Crippen LogP contribution in [0.3, 0.4) is 0 Å².